The molecule has 2 aliphatic carbocycles. The predicted octanol–water partition coefficient (Wildman–Crippen LogP) is 16.0. The van der Waals surface area contributed by atoms with Gasteiger partial charge in [0, 0.05) is 43.0 Å². The summed E-state index contributed by atoms with van der Waals surface area (Å²) in [6, 6.07) is 69.7. The third-order valence-corrected chi connectivity index (χ3v) is 14.0. The van der Waals surface area contributed by atoms with Crippen molar-refractivity contribution in [1.82, 2.24) is 0 Å². The molecule has 0 spiro atoms. The minimum atomic E-state index is -0.101. The Morgan fingerprint density at radius 3 is 1.81 bits per heavy atom. The number of anilines is 3. The Balaban J connectivity index is 1.02. The SMILES string of the molecule is CC1(C)c2ccccc2-c2ccc(N(c3ccc(-c4ccccc4)cc3)c3cccc(-c4cccc(-c5cccc6c5-c5sc7ccccc7c5C6(C)C)c4)c3)cc21. The second-order valence-electron chi connectivity index (χ2n) is 16.9. The molecule has 0 saturated heterocycles. The van der Waals surface area contributed by atoms with Gasteiger partial charge < -0.3 is 4.90 Å². The van der Waals surface area contributed by atoms with Gasteiger partial charge in [-0.1, -0.05) is 167 Å². The van der Waals surface area contributed by atoms with Crippen LogP contribution in [-0.2, 0) is 10.8 Å². The quantitative estimate of drug-likeness (QED) is 0.163. The van der Waals surface area contributed by atoms with E-state index in [9.17, 15) is 0 Å². The summed E-state index contributed by atoms with van der Waals surface area (Å²) in [6.07, 6.45) is 0. The summed E-state index contributed by atoms with van der Waals surface area (Å²) < 4.78 is 1.36. The maximum atomic E-state index is 2.43. The average molecular weight is 762 g/mol. The zero-order valence-electron chi connectivity index (χ0n) is 33.3. The van der Waals surface area contributed by atoms with Crippen molar-refractivity contribution in [1.29, 1.82) is 0 Å². The molecule has 2 heteroatoms. The van der Waals surface area contributed by atoms with Crippen LogP contribution >= 0.6 is 11.3 Å². The van der Waals surface area contributed by atoms with E-state index < -0.39 is 0 Å². The smallest absolute Gasteiger partial charge is 0.0467 e. The minimum absolute atomic E-state index is 0.0649. The number of hydrogen-bond donors (Lipinski definition) is 0. The molecule has 0 saturated carbocycles. The average Bonchev–Trinajstić information content (AvgIpc) is 3.85. The van der Waals surface area contributed by atoms with E-state index in [1.807, 2.05) is 11.3 Å². The van der Waals surface area contributed by atoms with Gasteiger partial charge in [0.05, 0.1) is 0 Å². The van der Waals surface area contributed by atoms with Crippen LogP contribution in [0.4, 0.5) is 17.1 Å². The van der Waals surface area contributed by atoms with E-state index >= 15 is 0 Å². The predicted molar refractivity (Wildman–Crippen MR) is 248 cm³/mol. The monoisotopic (exact) mass is 761 g/mol. The van der Waals surface area contributed by atoms with Crippen molar-refractivity contribution >= 4 is 38.5 Å². The van der Waals surface area contributed by atoms with Gasteiger partial charge in [0.25, 0.3) is 0 Å². The molecule has 1 aromatic heterocycles. The van der Waals surface area contributed by atoms with E-state index in [0.29, 0.717) is 0 Å². The van der Waals surface area contributed by atoms with E-state index in [0.717, 1.165) is 17.1 Å². The van der Waals surface area contributed by atoms with Crippen molar-refractivity contribution in [3.05, 3.63) is 210 Å². The lowest BCUT2D eigenvalue weighted by Crippen LogP contribution is -2.16. The van der Waals surface area contributed by atoms with Gasteiger partial charge in [-0.25, -0.2) is 0 Å². The van der Waals surface area contributed by atoms with E-state index in [-0.39, 0.29) is 10.8 Å². The molecule has 1 nitrogen and oxygen atoms in total. The molecule has 278 valence electrons. The zero-order valence-corrected chi connectivity index (χ0v) is 34.1. The summed E-state index contributed by atoms with van der Waals surface area (Å²) in [5.41, 5.74) is 20.3. The van der Waals surface area contributed by atoms with Crippen LogP contribution in [0.2, 0.25) is 0 Å². The van der Waals surface area contributed by atoms with Gasteiger partial charge in [0.1, 0.15) is 0 Å². The maximum absolute atomic E-state index is 2.43. The maximum Gasteiger partial charge on any atom is 0.0467 e. The first-order chi connectivity index (χ1) is 28.3. The molecule has 2 aliphatic rings. The summed E-state index contributed by atoms with van der Waals surface area (Å²) in [5.74, 6) is 0. The second kappa shape index (κ2) is 13.0. The van der Waals surface area contributed by atoms with Crippen molar-refractivity contribution in [2.75, 3.05) is 4.90 Å². The molecule has 0 unspecified atom stereocenters. The molecule has 0 atom stereocenters. The van der Waals surface area contributed by atoms with Gasteiger partial charge in [-0.15, -0.1) is 11.3 Å². The molecular weight excluding hydrogens is 719 g/mol. The minimum Gasteiger partial charge on any atom is -0.310 e. The molecule has 1 heterocycles. The third-order valence-electron chi connectivity index (χ3n) is 12.9. The Morgan fingerprint density at radius 1 is 0.379 bits per heavy atom. The lowest BCUT2D eigenvalue weighted by molar-refractivity contribution is 0.660. The Bertz CT molecular complexity index is 3050. The van der Waals surface area contributed by atoms with E-state index in [2.05, 4.69) is 221 Å². The number of benzene rings is 8. The fraction of sp³-hybridized carbons (Fsp3) is 0.107. The van der Waals surface area contributed by atoms with E-state index in [1.165, 1.54) is 87.3 Å². The van der Waals surface area contributed by atoms with Gasteiger partial charge in [-0.2, -0.15) is 0 Å². The van der Waals surface area contributed by atoms with Crippen molar-refractivity contribution in [2.24, 2.45) is 0 Å². The molecule has 0 aliphatic heterocycles. The second-order valence-corrected chi connectivity index (χ2v) is 18.0. The molecule has 0 amide bonds. The van der Waals surface area contributed by atoms with Crippen molar-refractivity contribution in [3.63, 3.8) is 0 Å². The number of fused-ring (bicyclic) bond motifs is 8. The lowest BCUT2D eigenvalue weighted by Gasteiger charge is -2.28. The highest BCUT2D eigenvalue weighted by molar-refractivity contribution is 7.22. The standard InChI is InChI=1S/C56H43NS/c1-55(2)48-24-10-8-21-45(48)46-32-31-43(35-50(46)55)57(41-29-27-37(28-30-41)36-15-6-5-7-16-36)42-20-13-18-39(34-42)38-17-12-19-40(33-38)44-23-14-25-49-52(44)54-53(56(49,3)4)47-22-9-11-26-51(47)58-54/h5-35H,1-4H3. The number of hydrogen-bond acceptors (Lipinski definition) is 2. The van der Waals surface area contributed by atoms with Crippen LogP contribution in [0.15, 0.2) is 188 Å². The van der Waals surface area contributed by atoms with Gasteiger partial charge in [-0.3, -0.25) is 0 Å². The summed E-state index contributed by atoms with van der Waals surface area (Å²) in [7, 11) is 0. The molecule has 58 heavy (non-hydrogen) atoms. The van der Waals surface area contributed by atoms with Crippen LogP contribution in [0.25, 0.3) is 65.0 Å². The molecule has 0 radical (unpaired) electrons. The van der Waals surface area contributed by atoms with Gasteiger partial charge in [0.15, 0.2) is 0 Å². The lowest BCUT2D eigenvalue weighted by atomic mass is 9.81. The molecule has 0 bridgehead atoms. The van der Waals surface area contributed by atoms with Crippen molar-refractivity contribution in [3.8, 4) is 54.9 Å². The Labute approximate surface area is 345 Å². The Kier molecular flexibility index (Phi) is 7.80. The first-order valence-corrected chi connectivity index (χ1v) is 21.2. The number of rotatable bonds is 6. The molecule has 0 fully saturated rings. The van der Waals surface area contributed by atoms with E-state index in [1.54, 1.807) is 0 Å². The highest BCUT2D eigenvalue weighted by atomic mass is 32.1. The van der Waals surface area contributed by atoms with Crippen LogP contribution in [0.1, 0.15) is 49.9 Å². The normalized spacial score (nSPS) is 14.1. The Hall–Kier alpha value is -6.48. The van der Waals surface area contributed by atoms with E-state index in [4.69, 9.17) is 0 Å². The summed E-state index contributed by atoms with van der Waals surface area (Å²) >= 11 is 1.94. The molecule has 8 aromatic carbocycles. The van der Waals surface area contributed by atoms with Crippen molar-refractivity contribution in [2.45, 2.75) is 38.5 Å². The molecule has 11 rings (SSSR count). The van der Waals surface area contributed by atoms with Crippen LogP contribution < -0.4 is 4.90 Å². The van der Waals surface area contributed by atoms with Gasteiger partial charge >= 0.3 is 0 Å². The highest BCUT2D eigenvalue weighted by Crippen LogP contribution is 2.58. The van der Waals surface area contributed by atoms with Crippen molar-refractivity contribution < 1.29 is 0 Å². The Morgan fingerprint density at radius 2 is 0.966 bits per heavy atom. The first-order valence-electron chi connectivity index (χ1n) is 20.3. The van der Waals surface area contributed by atoms with Crippen LogP contribution in [0.5, 0.6) is 0 Å². The summed E-state index contributed by atoms with van der Waals surface area (Å²) in [4.78, 5) is 3.84. The van der Waals surface area contributed by atoms with Crippen LogP contribution in [-0.4, -0.2) is 0 Å². The highest BCUT2D eigenvalue weighted by Gasteiger charge is 2.40. The van der Waals surface area contributed by atoms with Gasteiger partial charge in [0.2, 0.25) is 0 Å². The molecule has 9 aromatic rings. The molecule has 0 N–H and O–H groups in total. The fourth-order valence-electron chi connectivity index (χ4n) is 9.94. The zero-order chi connectivity index (χ0) is 39.2. The fourth-order valence-corrected chi connectivity index (χ4v) is 11.4. The van der Waals surface area contributed by atoms with Crippen LogP contribution in [0, 0.1) is 0 Å². The number of nitrogens with zero attached hydrogens (tertiary/aromatic N) is 1. The van der Waals surface area contributed by atoms with Crippen LogP contribution in [0.3, 0.4) is 0 Å². The molecular formula is C56H43NS. The summed E-state index contributed by atoms with van der Waals surface area (Å²) in [6.45, 7) is 9.51. The van der Waals surface area contributed by atoms with Gasteiger partial charge in [-0.05, 0) is 121 Å². The first kappa shape index (κ1) is 34.7. The largest absolute Gasteiger partial charge is 0.310 e. The summed E-state index contributed by atoms with van der Waals surface area (Å²) in [5, 5.41) is 1.39. The topological polar surface area (TPSA) is 3.24 Å². The number of thiophene rings is 1. The third kappa shape index (κ3) is 5.29.